The Morgan fingerprint density at radius 1 is 0.929 bits per heavy atom. The monoisotopic (exact) mass is 377 g/mol. The van der Waals surface area contributed by atoms with Gasteiger partial charge in [-0.2, -0.15) is 0 Å². The first-order valence-corrected chi connectivity index (χ1v) is 9.55. The zero-order valence-corrected chi connectivity index (χ0v) is 16.6. The number of carbonyl (C=O) groups is 2. The van der Waals surface area contributed by atoms with Crippen molar-refractivity contribution in [3.63, 3.8) is 0 Å². The Hall–Kier alpha value is -3.08. The quantitative estimate of drug-likeness (QED) is 0.592. The van der Waals surface area contributed by atoms with Crippen molar-refractivity contribution in [3.05, 3.63) is 71.4 Å². The molecule has 0 unspecified atom stereocenters. The third kappa shape index (κ3) is 5.00. The lowest BCUT2D eigenvalue weighted by atomic mass is 9.86. The van der Waals surface area contributed by atoms with Crippen LogP contribution in [-0.4, -0.2) is 16.8 Å². The molecule has 0 spiro atoms. The summed E-state index contributed by atoms with van der Waals surface area (Å²) < 4.78 is 0. The molecule has 0 saturated carbocycles. The number of carbonyl (C=O) groups excluding carboxylic acids is 2. The van der Waals surface area contributed by atoms with E-state index in [0.29, 0.717) is 12.8 Å². The molecule has 3 rings (SSSR count). The molecule has 0 aliphatic carbocycles. The molecule has 0 aliphatic rings. The molecule has 3 N–H and O–H groups in total. The predicted octanol–water partition coefficient (Wildman–Crippen LogP) is 3.79. The lowest BCUT2D eigenvalue weighted by molar-refractivity contribution is -0.128. The fourth-order valence-electron chi connectivity index (χ4n) is 3.13. The summed E-state index contributed by atoms with van der Waals surface area (Å²) in [5.74, 6) is -0.445. The van der Waals surface area contributed by atoms with Gasteiger partial charge in [0.1, 0.15) is 0 Å². The average Bonchev–Trinajstić information content (AvgIpc) is 3.07. The van der Waals surface area contributed by atoms with Crippen molar-refractivity contribution in [2.75, 3.05) is 0 Å². The fourth-order valence-corrected chi connectivity index (χ4v) is 3.13. The van der Waals surface area contributed by atoms with Gasteiger partial charge in [0.25, 0.3) is 0 Å². The number of para-hydroxylation sites is 1. The standard InChI is InChI=1S/C23H27N3O2/c1-23(2,3)18-11-8-16(9-12-18)10-13-21(27)25-26-22(28)14-17-15-24-20-7-5-4-6-19(17)20/h4-9,11-12,15,24H,10,13-14H2,1-3H3,(H,25,27)(H,26,28). The van der Waals surface area contributed by atoms with Crippen molar-refractivity contribution in [3.8, 4) is 0 Å². The molecule has 2 aromatic carbocycles. The number of rotatable bonds is 5. The lowest BCUT2D eigenvalue weighted by Gasteiger charge is -2.19. The molecule has 0 bridgehead atoms. The van der Waals surface area contributed by atoms with E-state index in [0.717, 1.165) is 22.0 Å². The van der Waals surface area contributed by atoms with Gasteiger partial charge in [0.15, 0.2) is 0 Å². The van der Waals surface area contributed by atoms with E-state index in [2.05, 4.69) is 60.9 Å². The largest absolute Gasteiger partial charge is 0.361 e. The van der Waals surface area contributed by atoms with Crippen molar-refractivity contribution < 1.29 is 9.59 Å². The van der Waals surface area contributed by atoms with Crippen molar-refractivity contribution in [1.29, 1.82) is 0 Å². The van der Waals surface area contributed by atoms with Crippen molar-refractivity contribution in [2.24, 2.45) is 0 Å². The summed E-state index contributed by atoms with van der Waals surface area (Å²) in [7, 11) is 0. The average molecular weight is 377 g/mol. The molecule has 1 aromatic heterocycles. The number of hydrogen-bond acceptors (Lipinski definition) is 2. The maximum absolute atomic E-state index is 12.1. The van der Waals surface area contributed by atoms with Gasteiger partial charge < -0.3 is 4.98 Å². The molecule has 5 nitrogen and oxygen atoms in total. The molecule has 0 atom stereocenters. The molecule has 3 aromatic rings. The second kappa shape index (κ2) is 8.30. The van der Waals surface area contributed by atoms with E-state index in [9.17, 15) is 9.59 Å². The summed E-state index contributed by atoms with van der Waals surface area (Å²) in [4.78, 5) is 27.3. The van der Waals surface area contributed by atoms with Gasteiger partial charge in [-0.1, -0.05) is 63.2 Å². The molecular formula is C23H27N3O2. The maximum atomic E-state index is 12.1. The minimum absolute atomic E-state index is 0.116. The summed E-state index contributed by atoms with van der Waals surface area (Å²) in [6.45, 7) is 6.53. The van der Waals surface area contributed by atoms with Gasteiger partial charge in [-0.25, -0.2) is 0 Å². The van der Waals surface area contributed by atoms with Gasteiger partial charge in [0.2, 0.25) is 11.8 Å². The SMILES string of the molecule is CC(C)(C)c1ccc(CCC(=O)NNC(=O)Cc2c[nH]c3ccccc23)cc1. The third-order valence-electron chi connectivity index (χ3n) is 4.83. The zero-order valence-electron chi connectivity index (χ0n) is 16.6. The van der Waals surface area contributed by atoms with Gasteiger partial charge in [-0.15, -0.1) is 0 Å². The highest BCUT2D eigenvalue weighted by Crippen LogP contribution is 2.22. The summed E-state index contributed by atoms with van der Waals surface area (Å²) in [5, 5.41) is 1.02. The Bertz CT molecular complexity index is 965. The molecule has 28 heavy (non-hydrogen) atoms. The van der Waals surface area contributed by atoms with Gasteiger partial charge in [0, 0.05) is 23.5 Å². The Morgan fingerprint density at radius 2 is 1.61 bits per heavy atom. The topological polar surface area (TPSA) is 74.0 Å². The van der Waals surface area contributed by atoms with Crippen LogP contribution in [0.15, 0.2) is 54.7 Å². The Balaban J connectivity index is 1.44. The smallest absolute Gasteiger partial charge is 0.242 e. The van der Waals surface area contributed by atoms with Crippen LogP contribution in [0.25, 0.3) is 10.9 Å². The molecule has 2 amide bonds. The number of aromatic nitrogens is 1. The molecule has 0 radical (unpaired) electrons. The summed E-state index contributed by atoms with van der Waals surface area (Å²) >= 11 is 0. The number of H-pyrrole nitrogens is 1. The molecule has 146 valence electrons. The first kappa shape index (κ1) is 19.7. The Labute approximate surface area is 165 Å². The van der Waals surface area contributed by atoms with E-state index in [4.69, 9.17) is 0 Å². The van der Waals surface area contributed by atoms with Gasteiger partial charge >= 0.3 is 0 Å². The summed E-state index contributed by atoms with van der Waals surface area (Å²) in [5.41, 5.74) is 9.38. The van der Waals surface area contributed by atoms with Crippen LogP contribution in [0, 0.1) is 0 Å². The minimum atomic E-state index is -0.243. The number of nitrogens with one attached hydrogen (secondary N) is 3. The van der Waals surface area contributed by atoms with Crippen LogP contribution >= 0.6 is 0 Å². The van der Waals surface area contributed by atoms with Crippen LogP contribution in [0.3, 0.4) is 0 Å². The van der Waals surface area contributed by atoms with Gasteiger partial charge in [-0.3, -0.25) is 20.4 Å². The molecular weight excluding hydrogens is 350 g/mol. The van der Waals surface area contributed by atoms with Gasteiger partial charge in [0.05, 0.1) is 6.42 Å². The molecule has 1 heterocycles. The van der Waals surface area contributed by atoms with E-state index in [1.807, 2.05) is 30.5 Å². The summed E-state index contributed by atoms with van der Waals surface area (Å²) in [6.07, 6.45) is 2.99. The summed E-state index contributed by atoms with van der Waals surface area (Å²) in [6, 6.07) is 16.1. The second-order valence-electron chi connectivity index (χ2n) is 8.08. The number of hydrogen-bond donors (Lipinski definition) is 3. The number of fused-ring (bicyclic) bond motifs is 1. The van der Waals surface area contributed by atoms with Crippen LogP contribution < -0.4 is 10.9 Å². The Morgan fingerprint density at radius 3 is 2.32 bits per heavy atom. The first-order chi connectivity index (χ1) is 13.3. The molecule has 0 fully saturated rings. The number of aromatic amines is 1. The highest BCUT2D eigenvalue weighted by atomic mass is 16.2. The van der Waals surface area contributed by atoms with E-state index in [1.165, 1.54) is 5.56 Å². The molecule has 5 heteroatoms. The van der Waals surface area contributed by atoms with Crippen molar-refractivity contribution in [1.82, 2.24) is 15.8 Å². The highest BCUT2D eigenvalue weighted by Gasteiger charge is 2.13. The Kier molecular flexibility index (Phi) is 5.83. The van der Waals surface area contributed by atoms with E-state index < -0.39 is 0 Å². The fraction of sp³-hybridized carbons (Fsp3) is 0.304. The van der Waals surface area contributed by atoms with E-state index in [-0.39, 0.29) is 23.7 Å². The number of amides is 2. The van der Waals surface area contributed by atoms with Crippen LogP contribution in [0.2, 0.25) is 0 Å². The van der Waals surface area contributed by atoms with Crippen LogP contribution in [0.4, 0.5) is 0 Å². The highest BCUT2D eigenvalue weighted by molar-refractivity contribution is 5.89. The number of hydrazine groups is 1. The molecule has 0 aliphatic heterocycles. The number of benzene rings is 2. The van der Waals surface area contributed by atoms with E-state index in [1.54, 1.807) is 0 Å². The lowest BCUT2D eigenvalue weighted by Crippen LogP contribution is -2.42. The second-order valence-corrected chi connectivity index (χ2v) is 8.08. The third-order valence-corrected chi connectivity index (χ3v) is 4.83. The maximum Gasteiger partial charge on any atom is 0.242 e. The van der Waals surface area contributed by atoms with E-state index >= 15 is 0 Å². The van der Waals surface area contributed by atoms with Crippen molar-refractivity contribution >= 4 is 22.7 Å². The van der Waals surface area contributed by atoms with Crippen molar-refractivity contribution in [2.45, 2.75) is 45.4 Å². The van der Waals surface area contributed by atoms with Gasteiger partial charge in [-0.05, 0) is 34.6 Å². The zero-order chi connectivity index (χ0) is 20.1. The minimum Gasteiger partial charge on any atom is -0.361 e. The normalized spacial score (nSPS) is 11.4. The first-order valence-electron chi connectivity index (χ1n) is 9.55. The van der Waals surface area contributed by atoms with Crippen LogP contribution in [0.5, 0.6) is 0 Å². The van der Waals surface area contributed by atoms with Crippen LogP contribution in [0.1, 0.15) is 43.9 Å². The predicted molar refractivity (Wildman–Crippen MR) is 112 cm³/mol. The number of aryl methyl sites for hydroxylation is 1. The van der Waals surface area contributed by atoms with Crippen LogP contribution in [-0.2, 0) is 27.8 Å². The molecule has 0 saturated heterocycles.